The first kappa shape index (κ1) is 9.52. The van der Waals surface area contributed by atoms with Crippen molar-refractivity contribution in [2.24, 2.45) is 5.92 Å². The van der Waals surface area contributed by atoms with Crippen LogP contribution in [0.25, 0.3) is 0 Å². The van der Waals surface area contributed by atoms with Crippen LogP contribution in [-0.4, -0.2) is 22.9 Å². The third-order valence-electron chi connectivity index (χ3n) is 2.76. The molecular formula is C10H18N4. The Bertz CT molecular complexity index is 299. The minimum atomic E-state index is 0.686. The molecule has 4 heteroatoms. The number of nitrogens with one attached hydrogen (secondary N) is 1. The summed E-state index contributed by atoms with van der Waals surface area (Å²) in [6.07, 6.45) is 2.55. The topological polar surface area (TPSA) is 55.9 Å². The molecule has 4 nitrogen and oxygen atoms in total. The van der Waals surface area contributed by atoms with E-state index in [-0.39, 0.29) is 0 Å². The van der Waals surface area contributed by atoms with Gasteiger partial charge < -0.3 is 11.1 Å². The van der Waals surface area contributed by atoms with E-state index in [1.54, 1.807) is 0 Å². The van der Waals surface area contributed by atoms with E-state index in [2.05, 4.69) is 10.4 Å². The van der Waals surface area contributed by atoms with E-state index < -0.39 is 0 Å². The number of nitrogens with two attached hydrogens (primary N) is 1. The summed E-state index contributed by atoms with van der Waals surface area (Å²) >= 11 is 0. The standard InChI is InChI=1S/C10H18N4/c1-8-5-10(11)14(13-8)7-9-3-2-4-12-6-9/h5,9,12H,2-4,6-7,11H2,1H3/t9-/m1/s1. The summed E-state index contributed by atoms with van der Waals surface area (Å²) < 4.78 is 1.92. The highest BCUT2D eigenvalue weighted by atomic mass is 15.3. The van der Waals surface area contributed by atoms with Crippen LogP contribution in [0, 0.1) is 12.8 Å². The minimum absolute atomic E-state index is 0.686. The second-order valence-electron chi connectivity index (χ2n) is 4.11. The van der Waals surface area contributed by atoms with Crippen molar-refractivity contribution in [1.29, 1.82) is 0 Å². The average molecular weight is 194 g/mol. The first-order chi connectivity index (χ1) is 6.75. The fourth-order valence-corrected chi connectivity index (χ4v) is 2.04. The van der Waals surface area contributed by atoms with Crippen LogP contribution >= 0.6 is 0 Å². The smallest absolute Gasteiger partial charge is 0.121 e. The number of piperidine rings is 1. The Morgan fingerprint density at radius 1 is 1.71 bits per heavy atom. The number of hydrogen-bond donors (Lipinski definition) is 2. The van der Waals surface area contributed by atoms with Gasteiger partial charge in [0.15, 0.2) is 0 Å². The Hall–Kier alpha value is -1.03. The van der Waals surface area contributed by atoms with Crippen LogP contribution in [0.2, 0.25) is 0 Å². The van der Waals surface area contributed by atoms with Gasteiger partial charge in [-0.25, -0.2) is 4.68 Å². The predicted octanol–water partition coefficient (Wildman–Crippen LogP) is 0.773. The third-order valence-corrected chi connectivity index (χ3v) is 2.76. The maximum absolute atomic E-state index is 5.84. The lowest BCUT2D eigenvalue weighted by Gasteiger charge is -2.22. The SMILES string of the molecule is Cc1cc(N)n(C[C@@H]2CCCNC2)n1. The number of aromatic nitrogens is 2. The summed E-state index contributed by atoms with van der Waals surface area (Å²) in [7, 11) is 0. The van der Waals surface area contributed by atoms with Gasteiger partial charge in [0.05, 0.1) is 5.69 Å². The van der Waals surface area contributed by atoms with Gasteiger partial charge >= 0.3 is 0 Å². The molecule has 2 heterocycles. The second-order valence-corrected chi connectivity index (χ2v) is 4.11. The molecule has 0 unspecified atom stereocenters. The highest BCUT2D eigenvalue weighted by molar-refractivity contribution is 5.30. The summed E-state index contributed by atoms with van der Waals surface area (Å²) in [5.74, 6) is 1.47. The second kappa shape index (κ2) is 4.00. The predicted molar refractivity (Wildman–Crippen MR) is 57.0 cm³/mol. The van der Waals surface area contributed by atoms with Crippen molar-refractivity contribution in [1.82, 2.24) is 15.1 Å². The molecule has 3 N–H and O–H groups in total. The van der Waals surface area contributed by atoms with E-state index in [4.69, 9.17) is 5.73 Å². The first-order valence-electron chi connectivity index (χ1n) is 5.26. The summed E-state index contributed by atoms with van der Waals surface area (Å²) in [4.78, 5) is 0. The zero-order chi connectivity index (χ0) is 9.97. The van der Waals surface area contributed by atoms with Gasteiger partial charge in [-0.2, -0.15) is 5.10 Å². The molecule has 1 fully saturated rings. The molecule has 1 aliphatic rings. The van der Waals surface area contributed by atoms with Crippen LogP contribution in [-0.2, 0) is 6.54 Å². The number of nitrogen functional groups attached to an aromatic ring is 1. The molecule has 2 rings (SSSR count). The van der Waals surface area contributed by atoms with Gasteiger partial charge in [-0.15, -0.1) is 0 Å². The Kier molecular flexibility index (Phi) is 2.72. The monoisotopic (exact) mass is 194 g/mol. The molecule has 0 radical (unpaired) electrons. The zero-order valence-corrected chi connectivity index (χ0v) is 8.66. The number of aryl methyl sites for hydroxylation is 1. The molecular weight excluding hydrogens is 176 g/mol. The van der Waals surface area contributed by atoms with Crippen molar-refractivity contribution >= 4 is 5.82 Å². The van der Waals surface area contributed by atoms with E-state index in [0.717, 1.165) is 31.1 Å². The van der Waals surface area contributed by atoms with Gasteiger partial charge in [0.1, 0.15) is 5.82 Å². The molecule has 0 amide bonds. The van der Waals surface area contributed by atoms with Crippen molar-refractivity contribution in [3.8, 4) is 0 Å². The molecule has 0 aliphatic carbocycles. The molecule has 0 bridgehead atoms. The molecule has 0 aromatic carbocycles. The fraction of sp³-hybridized carbons (Fsp3) is 0.700. The largest absolute Gasteiger partial charge is 0.384 e. The molecule has 78 valence electrons. The minimum Gasteiger partial charge on any atom is -0.384 e. The molecule has 0 spiro atoms. The Morgan fingerprint density at radius 3 is 3.14 bits per heavy atom. The van der Waals surface area contributed by atoms with Crippen LogP contribution in [0.3, 0.4) is 0 Å². The van der Waals surface area contributed by atoms with Gasteiger partial charge in [-0.05, 0) is 38.8 Å². The number of anilines is 1. The van der Waals surface area contributed by atoms with Gasteiger partial charge in [-0.1, -0.05) is 0 Å². The molecule has 1 aliphatic heterocycles. The average Bonchev–Trinajstić information content (AvgIpc) is 2.47. The van der Waals surface area contributed by atoms with Crippen molar-refractivity contribution in [3.05, 3.63) is 11.8 Å². The van der Waals surface area contributed by atoms with E-state index >= 15 is 0 Å². The van der Waals surface area contributed by atoms with E-state index in [1.807, 2.05) is 17.7 Å². The van der Waals surface area contributed by atoms with Crippen molar-refractivity contribution in [2.75, 3.05) is 18.8 Å². The lowest BCUT2D eigenvalue weighted by Crippen LogP contribution is -2.32. The van der Waals surface area contributed by atoms with E-state index in [1.165, 1.54) is 12.8 Å². The van der Waals surface area contributed by atoms with Crippen molar-refractivity contribution < 1.29 is 0 Å². The fourth-order valence-electron chi connectivity index (χ4n) is 2.04. The lowest BCUT2D eigenvalue weighted by atomic mass is 10.00. The lowest BCUT2D eigenvalue weighted by molar-refractivity contribution is 0.327. The van der Waals surface area contributed by atoms with Crippen LogP contribution in [0.5, 0.6) is 0 Å². The quantitative estimate of drug-likeness (QED) is 0.731. The Morgan fingerprint density at radius 2 is 2.57 bits per heavy atom. The number of nitrogens with zero attached hydrogens (tertiary/aromatic N) is 2. The normalized spacial score (nSPS) is 22.5. The van der Waals surface area contributed by atoms with Gasteiger partial charge in [0.25, 0.3) is 0 Å². The van der Waals surface area contributed by atoms with Gasteiger partial charge in [0, 0.05) is 12.6 Å². The number of rotatable bonds is 2. The number of hydrogen-bond acceptors (Lipinski definition) is 3. The summed E-state index contributed by atoms with van der Waals surface area (Å²) in [6, 6.07) is 1.93. The first-order valence-corrected chi connectivity index (χ1v) is 5.26. The molecule has 1 aromatic heterocycles. The summed E-state index contributed by atoms with van der Waals surface area (Å²) in [5, 5.41) is 7.77. The zero-order valence-electron chi connectivity index (χ0n) is 8.66. The van der Waals surface area contributed by atoms with Crippen molar-refractivity contribution in [2.45, 2.75) is 26.3 Å². The van der Waals surface area contributed by atoms with E-state index in [9.17, 15) is 0 Å². The van der Waals surface area contributed by atoms with Crippen LogP contribution in [0.1, 0.15) is 18.5 Å². The molecule has 0 saturated carbocycles. The summed E-state index contributed by atoms with van der Waals surface area (Å²) in [6.45, 7) is 5.18. The van der Waals surface area contributed by atoms with Crippen molar-refractivity contribution in [3.63, 3.8) is 0 Å². The Balaban J connectivity index is 1.98. The van der Waals surface area contributed by atoms with Crippen LogP contribution < -0.4 is 11.1 Å². The molecule has 14 heavy (non-hydrogen) atoms. The molecule has 1 aromatic rings. The Labute approximate surface area is 84.5 Å². The highest BCUT2D eigenvalue weighted by Gasteiger charge is 2.14. The highest BCUT2D eigenvalue weighted by Crippen LogP contribution is 2.14. The van der Waals surface area contributed by atoms with Gasteiger partial charge in [-0.3, -0.25) is 0 Å². The van der Waals surface area contributed by atoms with Crippen LogP contribution in [0.4, 0.5) is 5.82 Å². The van der Waals surface area contributed by atoms with Gasteiger partial charge in [0.2, 0.25) is 0 Å². The maximum atomic E-state index is 5.84. The third kappa shape index (κ3) is 2.07. The molecule has 1 atom stereocenters. The maximum Gasteiger partial charge on any atom is 0.121 e. The van der Waals surface area contributed by atoms with Crippen LogP contribution in [0.15, 0.2) is 6.07 Å². The summed E-state index contributed by atoms with van der Waals surface area (Å²) in [5.41, 5.74) is 6.84. The molecule has 1 saturated heterocycles. The van der Waals surface area contributed by atoms with E-state index in [0.29, 0.717) is 5.92 Å².